The van der Waals surface area contributed by atoms with E-state index in [0.29, 0.717) is 5.69 Å². The lowest BCUT2D eigenvalue weighted by Gasteiger charge is -2.34. The molecule has 2 aliphatic heterocycles. The first-order valence-corrected chi connectivity index (χ1v) is 8.09. The van der Waals surface area contributed by atoms with Gasteiger partial charge in [-0.2, -0.15) is 0 Å². The molecule has 0 unspecified atom stereocenters. The second-order valence-electron chi connectivity index (χ2n) is 6.37. The van der Waals surface area contributed by atoms with Crippen molar-refractivity contribution in [2.45, 2.75) is 25.7 Å². The van der Waals surface area contributed by atoms with Crippen molar-refractivity contribution in [1.82, 2.24) is 9.80 Å². The topological polar surface area (TPSA) is 49.6 Å². The molecule has 2 fully saturated rings. The van der Waals surface area contributed by atoms with Gasteiger partial charge in [0, 0.05) is 30.9 Å². The van der Waals surface area contributed by atoms with Crippen molar-refractivity contribution in [2.75, 3.05) is 38.5 Å². The first-order valence-electron chi connectivity index (χ1n) is 8.09. The molecule has 2 saturated heterocycles. The fourth-order valence-electron chi connectivity index (χ4n) is 3.46. The summed E-state index contributed by atoms with van der Waals surface area (Å²) < 4.78 is 0. The van der Waals surface area contributed by atoms with Crippen LogP contribution in [0.1, 0.15) is 36.0 Å². The van der Waals surface area contributed by atoms with Crippen LogP contribution in [0.3, 0.4) is 0 Å². The van der Waals surface area contributed by atoms with E-state index in [1.165, 1.54) is 32.5 Å². The largest absolute Gasteiger partial charge is 0.399 e. The van der Waals surface area contributed by atoms with Gasteiger partial charge < -0.3 is 15.5 Å². The molecule has 0 aliphatic carbocycles. The lowest BCUT2D eigenvalue weighted by Crippen LogP contribution is -2.41. The van der Waals surface area contributed by atoms with Crippen LogP contribution in [0.5, 0.6) is 0 Å². The van der Waals surface area contributed by atoms with E-state index < -0.39 is 0 Å². The predicted octanol–water partition coefficient (Wildman–Crippen LogP) is 2.64. The summed E-state index contributed by atoms with van der Waals surface area (Å²) in [6, 6.07) is 7.25. The predicted molar refractivity (Wildman–Crippen MR) is 92.4 cm³/mol. The quantitative estimate of drug-likeness (QED) is 0.870. The number of piperidine rings is 1. The van der Waals surface area contributed by atoms with Crippen LogP contribution in [-0.2, 0) is 0 Å². The molecule has 1 amide bonds. The number of halogens is 1. The third kappa shape index (κ3) is 4.14. The number of anilines is 1. The summed E-state index contributed by atoms with van der Waals surface area (Å²) in [7, 11) is 0. The minimum Gasteiger partial charge on any atom is -0.399 e. The molecule has 0 saturated carbocycles. The standard InChI is InChI=1S/C17H25N3O.ClH/c18-16-5-3-15(4-6-16)17(21)20-11-7-14(8-12-20)13-19-9-1-2-10-19;/h3-6,14H,1-2,7-13,18H2;1H. The minimum atomic E-state index is 0. The summed E-state index contributed by atoms with van der Waals surface area (Å²) in [6.07, 6.45) is 4.98. The van der Waals surface area contributed by atoms with Gasteiger partial charge in [-0.15, -0.1) is 12.4 Å². The number of nitrogen functional groups attached to an aromatic ring is 1. The molecule has 0 aromatic heterocycles. The van der Waals surface area contributed by atoms with Crippen molar-refractivity contribution in [3.8, 4) is 0 Å². The van der Waals surface area contributed by atoms with E-state index >= 15 is 0 Å². The van der Waals surface area contributed by atoms with Gasteiger partial charge in [0.05, 0.1) is 0 Å². The van der Waals surface area contributed by atoms with E-state index in [0.717, 1.165) is 37.4 Å². The molecule has 3 rings (SSSR count). The smallest absolute Gasteiger partial charge is 0.253 e. The molecular weight excluding hydrogens is 298 g/mol. The molecule has 0 atom stereocenters. The van der Waals surface area contributed by atoms with Crippen LogP contribution in [0.15, 0.2) is 24.3 Å². The van der Waals surface area contributed by atoms with Gasteiger partial charge in [0.25, 0.3) is 5.91 Å². The monoisotopic (exact) mass is 323 g/mol. The third-order valence-electron chi connectivity index (χ3n) is 4.77. The SMILES string of the molecule is Cl.Nc1ccc(C(=O)N2CCC(CN3CCCC3)CC2)cc1. The van der Waals surface area contributed by atoms with E-state index in [1.54, 1.807) is 12.1 Å². The highest BCUT2D eigenvalue weighted by Gasteiger charge is 2.25. The molecule has 2 N–H and O–H groups in total. The second kappa shape index (κ2) is 7.84. The zero-order valence-electron chi connectivity index (χ0n) is 13.0. The van der Waals surface area contributed by atoms with E-state index in [-0.39, 0.29) is 18.3 Å². The van der Waals surface area contributed by atoms with Crippen molar-refractivity contribution in [3.63, 3.8) is 0 Å². The highest BCUT2D eigenvalue weighted by Crippen LogP contribution is 2.22. The van der Waals surface area contributed by atoms with Crippen LogP contribution in [0.4, 0.5) is 5.69 Å². The fourth-order valence-corrected chi connectivity index (χ4v) is 3.46. The molecule has 0 bridgehead atoms. The molecule has 5 heteroatoms. The van der Waals surface area contributed by atoms with Crippen LogP contribution in [0.2, 0.25) is 0 Å². The van der Waals surface area contributed by atoms with Gasteiger partial charge >= 0.3 is 0 Å². The zero-order chi connectivity index (χ0) is 14.7. The van der Waals surface area contributed by atoms with Crippen LogP contribution in [0.25, 0.3) is 0 Å². The Morgan fingerprint density at radius 2 is 1.64 bits per heavy atom. The van der Waals surface area contributed by atoms with Crippen LogP contribution < -0.4 is 5.73 Å². The Hall–Kier alpha value is -1.26. The molecule has 2 heterocycles. The average molecular weight is 324 g/mol. The summed E-state index contributed by atoms with van der Waals surface area (Å²) in [5.74, 6) is 0.910. The van der Waals surface area contributed by atoms with Gasteiger partial charge in [0.15, 0.2) is 0 Å². The van der Waals surface area contributed by atoms with Crippen molar-refractivity contribution in [2.24, 2.45) is 5.92 Å². The number of nitrogens with zero attached hydrogens (tertiary/aromatic N) is 2. The number of benzene rings is 1. The lowest BCUT2D eigenvalue weighted by atomic mass is 9.95. The van der Waals surface area contributed by atoms with Crippen molar-refractivity contribution in [1.29, 1.82) is 0 Å². The van der Waals surface area contributed by atoms with Crippen LogP contribution in [0, 0.1) is 5.92 Å². The Labute approximate surface area is 139 Å². The number of hydrogen-bond acceptors (Lipinski definition) is 3. The first kappa shape index (κ1) is 17.1. The molecule has 122 valence electrons. The first-order chi connectivity index (χ1) is 10.2. The highest BCUT2D eigenvalue weighted by molar-refractivity contribution is 5.94. The van der Waals surface area contributed by atoms with Crippen LogP contribution >= 0.6 is 12.4 Å². The van der Waals surface area contributed by atoms with E-state index in [9.17, 15) is 4.79 Å². The number of hydrogen-bond donors (Lipinski definition) is 1. The lowest BCUT2D eigenvalue weighted by molar-refractivity contribution is 0.0673. The maximum atomic E-state index is 12.4. The third-order valence-corrected chi connectivity index (χ3v) is 4.77. The summed E-state index contributed by atoms with van der Waals surface area (Å²) in [4.78, 5) is 17.0. The molecule has 2 aliphatic rings. The molecule has 1 aromatic carbocycles. The van der Waals surface area contributed by atoms with Crippen molar-refractivity contribution >= 4 is 24.0 Å². The maximum absolute atomic E-state index is 12.4. The molecule has 4 nitrogen and oxygen atoms in total. The van der Waals surface area contributed by atoms with Gasteiger partial charge in [-0.3, -0.25) is 4.79 Å². The number of likely N-dealkylation sites (tertiary alicyclic amines) is 2. The van der Waals surface area contributed by atoms with E-state index in [1.807, 2.05) is 17.0 Å². The van der Waals surface area contributed by atoms with Crippen LogP contribution in [-0.4, -0.2) is 48.4 Å². The molecule has 0 radical (unpaired) electrons. The molecule has 0 spiro atoms. The number of carbonyl (C=O) groups excluding carboxylic acids is 1. The Morgan fingerprint density at radius 3 is 2.23 bits per heavy atom. The summed E-state index contributed by atoms with van der Waals surface area (Å²) in [5, 5.41) is 0. The normalized spacial score (nSPS) is 19.9. The minimum absolute atomic E-state index is 0. The zero-order valence-corrected chi connectivity index (χ0v) is 13.9. The van der Waals surface area contributed by atoms with E-state index in [4.69, 9.17) is 5.73 Å². The summed E-state index contributed by atoms with van der Waals surface area (Å²) >= 11 is 0. The van der Waals surface area contributed by atoms with Gasteiger partial charge in [0.2, 0.25) is 0 Å². The summed E-state index contributed by atoms with van der Waals surface area (Å²) in [5.41, 5.74) is 7.13. The number of nitrogens with two attached hydrogens (primary N) is 1. The average Bonchev–Trinajstić information content (AvgIpc) is 3.01. The van der Waals surface area contributed by atoms with Gasteiger partial charge in [0.1, 0.15) is 0 Å². The number of rotatable bonds is 3. The highest BCUT2D eigenvalue weighted by atomic mass is 35.5. The Morgan fingerprint density at radius 1 is 1.05 bits per heavy atom. The summed E-state index contributed by atoms with van der Waals surface area (Å²) in [6.45, 7) is 5.54. The number of carbonyl (C=O) groups is 1. The Bertz CT molecular complexity index is 477. The van der Waals surface area contributed by atoms with Gasteiger partial charge in [-0.1, -0.05) is 0 Å². The molecular formula is C17H26ClN3O. The molecule has 1 aromatic rings. The molecule has 22 heavy (non-hydrogen) atoms. The Balaban J connectivity index is 0.00000176. The fraction of sp³-hybridized carbons (Fsp3) is 0.588. The van der Waals surface area contributed by atoms with Crippen molar-refractivity contribution < 1.29 is 4.79 Å². The number of amides is 1. The second-order valence-corrected chi connectivity index (χ2v) is 6.37. The Kier molecular flexibility index (Phi) is 6.09. The van der Waals surface area contributed by atoms with Gasteiger partial charge in [-0.05, 0) is 69.0 Å². The van der Waals surface area contributed by atoms with Crippen molar-refractivity contribution in [3.05, 3.63) is 29.8 Å². The van der Waals surface area contributed by atoms with E-state index in [2.05, 4.69) is 4.90 Å². The maximum Gasteiger partial charge on any atom is 0.253 e. The van der Waals surface area contributed by atoms with Gasteiger partial charge in [-0.25, -0.2) is 0 Å².